The van der Waals surface area contributed by atoms with Gasteiger partial charge in [-0.15, -0.1) is 0 Å². The summed E-state index contributed by atoms with van der Waals surface area (Å²) in [5.74, 6) is 0.964. The van der Waals surface area contributed by atoms with E-state index < -0.39 is 11.4 Å². The van der Waals surface area contributed by atoms with Gasteiger partial charge in [0.25, 0.3) is 0 Å². The summed E-state index contributed by atoms with van der Waals surface area (Å²) in [6, 6.07) is 12.7. The molecule has 2 N–H and O–H groups in total. The molecule has 0 radical (unpaired) electrons. The molecule has 2 aromatic carbocycles. The van der Waals surface area contributed by atoms with Crippen LogP contribution in [0.3, 0.4) is 0 Å². The van der Waals surface area contributed by atoms with Crippen molar-refractivity contribution in [3.05, 3.63) is 42.0 Å². The molecule has 4 nitrogen and oxygen atoms in total. The van der Waals surface area contributed by atoms with Gasteiger partial charge in [-0.3, -0.25) is 4.79 Å². The van der Waals surface area contributed by atoms with Crippen LogP contribution < -0.4 is 10.1 Å². The molecule has 0 aromatic heterocycles. The lowest BCUT2D eigenvalue weighted by Crippen LogP contribution is -2.35. The van der Waals surface area contributed by atoms with E-state index in [0.29, 0.717) is 24.6 Å². The lowest BCUT2D eigenvalue weighted by atomic mass is 9.72. The largest absolute Gasteiger partial charge is 0.490 e. The van der Waals surface area contributed by atoms with E-state index in [1.54, 1.807) is 13.8 Å². The Morgan fingerprint density at radius 1 is 1.00 bits per heavy atom. The van der Waals surface area contributed by atoms with E-state index in [9.17, 15) is 9.90 Å². The third kappa shape index (κ3) is 5.75. The molecule has 0 heterocycles. The summed E-state index contributed by atoms with van der Waals surface area (Å²) in [4.78, 5) is 11.2. The lowest BCUT2D eigenvalue weighted by molar-refractivity contribution is -0.146. The van der Waals surface area contributed by atoms with Crippen LogP contribution in [-0.2, 0) is 11.3 Å². The first-order chi connectivity index (χ1) is 14.0. The number of ether oxygens (including phenoxy) is 1. The van der Waals surface area contributed by atoms with Crippen molar-refractivity contribution in [1.82, 2.24) is 5.32 Å². The maximum absolute atomic E-state index is 11.2. The minimum absolute atomic E-state index is 0.321. The van der Waals surface area contributed by atoms with Crippen molar-refractivity contribution >= 4 is 16.7 Å². The number of benzene rings is 2. The highest BCUT2D eigenvalue weighted by atomic mass is 16.5. The van der Waals surface area contributed by atoms with E-state index in [-0.39, 0.29) is 0 Å². The molecule has 1 fully saturated rings. The normalized spacial score (nSPS) is 20.3. The standard InChI is InChI=1S/C26H37NO3/c1-25(2,3)21-9-12-22(13-10-21)30-23-11-8-19-14-18(6-7-20(19)15-23)16-27-17-26(4,5)24(28)29/h6-8,11,14-15,21-22,27H,9-10,12-13,16-17H2,1-5H3,(H,28,29). The van der Waals surface area contributed by atoms with Gasteiger partial charge in [0.15, 0.2) is 0 Å². The Bertz CT molecular complexity index is 873. The van der Waals surface area contributed by atoms with Gasteiger partial charge in [0, 0.05) is 13.1 Å². The first kappa shape index (κ1) is 22.6. The molecule has 1 saturated carbocycles. The van der Waals surface area contributed by atoms with Crippen molar-refractivity contribution in [3.63, 3.8) is 0 Å². The van der Waals surface area contributed by atoms with Crippen LogP contribution in [-0.4, -0.2) is 23.7 Å². The monoisotopic (exact) mass is 411 g/mol. The molecule has 0 aliphatic heterocycles. The van der Waals surface area contributed by atoms with E-state index >= 15 is 0 Å². The van der Waals surface area contributed by atoms with Gasteiger partial charge in [-0.1, -0.05) is 39.0 Å². The number of aliphatic carboxylic acids is 1. The van der Waals surface area contributed by atoms with Crippen LogP contribution in [0.4, 0.5) is 0 Å². The molecule has 0 unspecified atom stereocenters. The molecule has 30 heavy (non-hydrogen) atoms. The molecule has 1 aliphatic rings. The summed E-state index contributed by atoms with van der Waals surface area (Å²) in [5, 5.41) is 14.8. The third-order valence-corrected chi connectivity index (χ3v) is 6.55. The summed E-state index contributed by atoms with van der Waals surface area (Å²) in [7, 11) is 0. The van der Waals surface area contributed by atoms with Gasteiger partial charge in [-0.25, -0.2) is 0 Å². The molecular formula is C26H37NO3. The summed E-state index contributed by atoms with van der Waals surface area (Å²) < 4.78 is 6.31. The van der Waals surface area contributed by atoms with Crippen molar-refractivity contribution in [3.8, 4) is 5.75 Å². The van der Waals surface area contributed by atoms with Crippen molar-refractivity contribution < 1.29 is 14.6 Å². The number of nitrogens with one attached hydrogen (secondary N) is 1. The number of carbonyl (C=O) groups is 1. The topological polar surface area (TPSA) is 58.6 Å². The van der Waals surface area contributed by atoms with Crippen LogP contribution in [0.1, 0.15) is 65.9 Å². The molecule has 0 spiro atoms. The van der Waals surface area contributed by atoms with E-state index in [2.05, 4.69) is 62.5 Å². The summed E-state index contributed by atoms with van der Waals surface area (Å²) in [6.07, 6.45) is 5.09. The second-order valence-corrected chi connectivity index (χ2v) is 10.6. The van der Waals surface area contributed by atoms with E-state index in [4.69, 9.17) is 4.74 Å². The fourth-order valence-corrected chi connectivity index (χ4v) is 4.29. The molecule has 164 valence electrons. The predicted octanol–water partition coefficient (Wildman–Crippen LogP) is 6.02. The Morgan fingerprint density at radius 2 is 1.63 bits per heavy atom. The summed E-state index contributed by atoms with van der Waals surface area (Å²) in [6.45, 7) is 11.6. The average Bonchev–Trinajstić information content (AvgIpc) is 2.67. The Kier molecular flexibility index (Phi) is 6.76. The number of hydrogen-bond donors (Lipinski definition) is 2. The van der Waals surface area contributed by atoms with E-state index in [1.165, 1.54) is 23.6 Å². The fraction of sp³-hybridized carbons (Fsp3) is 0.577. The second kappa shape index (κ2) is 8.97. The van der Waals surface area contributed by atoms with E-state index in [1.807, 2.05) is 0 Å². The average molecular weight is 412 g/mol. The van der Waals surface area contributed by atoms with Crippen LogP contribution in [0.5, 0.6) is 5.75 Å². The van der Waals surface area contributed by atoms with Crippen LogP contribution in [0.15, 0.2) is 36.4 Å². The molecule has 2 aromatic rings. The highest BCUT2D eigenvalue weighted by Crippen LogP contribution is 2.39. The molecule has 3 rings (SSSR count). The van der Waals surface area contributed by atoms with Crippen molar-refractivity contribution in [2.45, 2.75) is 73.0 Å². The zero-order chi connectivity index (χ0) is 21.9. The number of hydrogen-bond acceptors (Lipinski definition) is 3. The summed E-state index contributed by atoms with van der Waals surface area (Å²) >= 11 is 0. The smallest absolute Gasteiger partial charge is 0.310 e. The van der Waals surface area contributed by atoms with Crippen molar-refractivity contribution in [1.29, 1.82) is 0 Å². The Hall–Kier alpha value is -2.07. The molecule has 1 aliphatic carbocycles. The molecule has 4 heteroatoms. The lowest BCUT2D eigenvalue weighted by Gasteiger charge is -2.37. The molecular weight excluding hydrogens is 374 g/mol. The Balaban J connectivity index is 1.57. The highest BCUT2D eigenvalue weighted by Gasteiger charge is 2.30. The summed E-state index contributed by atoms with van der Waals surface area (Å²) in [5.41, 5.74) is 0.775. The van der Waals surface area contributed by atoms with Gasteiger partial charge in [0.1, 0.15) is 5.75 Å². The van der Waals surface area contributed by atoms with Crippen LogP contribution in [0.25, 0.3) is 10.8 Å². The first-order valence-corrected chi connectivity index (χ1v) is 11.2. The fourth-order valence-electron chi connectivity index (χ4n) is 4.29. The first-order valence-electron chi connectivity index (χ1n) is 11.2. The Morgan fingerprint density at radius 3 is 2.27 bits per heavy atom. The molecule has 0 amide bonds. The SMILES string of the molecule is CC(C)(CNCc1ccc2cc(OC3CCC(C(C)(C)C)CC3)ccc2c1)C(=O)O. The Labute approximate surface area is 181 Å². The maximum atomic E-state index is 11.2. The highest BCUT2D eigenvalue weighted by molar-refractivity contribution is 5.84. The minimum Gasteiger partial charge on any atom is -0.490 e. The van der Waals surface area contributed by atoms with Gasteiger partial charge >= 0.3 is 5.97 Å². The van der Waals surface area contributed by atoms with Crippen LogP contribution in [0, 0.1) is 16.7 Å². The van der Waals surface area contributed by atoms with Crippen molar-refractivity contribution in [2.75, 3.05) is 6.54 Å². The van der Waals surface area contributed by atoms with Gasteiger partial charge in [-0.05, 0) is 85.4 Å². The zero-order valence-corrected chi connectivity index (χ0v) is 19.1. The third-order valence-electron chi connectivity index (χ3n) is 6.55. The predicted molar refractivity (Wildman–Crippen MR) is 123 cm³/mol. The quantitative estimate of drug-likeness (QED) is 0.584. The number of rotatable bonds is 7. The maximum Gasteiger partial charge on any atom is 0.310 e. The molecule has 0 atom stereocenters. The number of carboxylic acids is 1. The molecule has 0 saturated heterocycles. The minimum atomic E-state index is -0.784. The van der Waals surface area contributed by atoms with Gasteiger partial charge in [0.2, 0.25) is 0 Å². The number of fused-ring (bicyclic) bond motifs is 1. The van der Waals surface area contributed by atoms with Crippen molar-refractivity contribution in [2.24, 2.45) is 16.7 Å². The number of carboxylic acid groups (broad SMARTS) is 1. The van der Waals surface area contributed by atoms with Crippen LogP contribution >= 0.6 is 0 Å². The van der Waals surface area contributed by atoms with Gasteiger partial charge < -0.3 is 15.2 Å². The van der Waals surface area contributed by atoms with E-state index in [0.717, 1.165) is 30.1 Å². The van der Waals surface area contributed by atoms with Gasteiger partial charge in [-0.2, -0.15) is 0 Å². The van der Waals surface area contributed by atoms with Gasteiger partial charge in [0.05, 0.1) is 11.5 Å². The molecule has 0 bridgehead atoms. The zero-order valence-electron chi connectivity index (χ0n) is 19.1. The second-order valence-electron chi connectivity index (χ2n) is 10.6. The van der Waals surface area contributed by atoms with Crippen LogP contribution in [0.2, 0.25) is 0 Å².